The van der Waals surface area contributed by atoms with E-state index in [0.29, 0.717) is 13.0 Å². The van der Waals surface area contributed by atoms with Crippen LogP contribution < -0.4 is 4.90 Å². The van der Waals surface area contributed by atoms with Gasteiger partial charge in [0.15, 0.2) is 5.12 Å². The molecule has 2 unspecified atom stereocenters. The first kappa shape index (κ1) is 15.1. The average molecular weight is 295 g/mol. The minimum atomic E-state index is 0.112. The molecule has 0 spiro atoms. The lowest BCUT2D eigenvalue weighted by Gasteiger charge is -2.21. The van der Waals surface area contributed by atoms with Crippen LogP contribution in [0.5, 0.6) is 0 Å². The fourth-order valence-corrected chi connectivity index (χ4v) is 3.08. The van der Waals surface area contributed by atoms with Crippen molar-refractivity contribution in [2.75, 3.05) is 17.2 Å². The summed E-state index contributed by atoms with van der Waals surface area (Å²) in [6, 6.07) is 2.17. The normalized spacial score (nSPS) is 20.4. The van der Waals surface area contributed by atoms with Crippen molar-refractivity contribution in [1.29, 1.82) is 0 Å². The van der Waals surface area contributed by atoms with Crippen LogP contribution in [0, 0.1) is 5.92 Å². The van der Waals surface area contributed by atoms with E-state index in [2.05, 4.69) is 18.9 Å². The van der Waals surface area contributed by atoms with Crippen molar-refractivity contribution >= 4 is 28.6 Å². The van der Waals surface area contributed by atoms with E-state index in [1.165, 1.54) is 11.8 Å². The first-order chi connectivity index (χ1) is 9.52. The van der Waals surface area contributed by atoms with Crippen molar-refractivity contribution in [3.05, 3.63) is 12.3 Å². The quantitative estimate of drug-likeness (QED) is 0.837. The molecule has 0 saturated carbocycles. The molecule has 0 bridgehead atoms. The van der Waals surface area contributed by atoms with Crippen molar-refractivity contribution in [3.63, 3.8) is 0 Å². The highest BCUT2D eigenvalue weighted by Crippen LogP contribution is 2.29. The molecule has 1 aromatic rings. The molecule has 1 fully saturated rings. The highest BCUT2D eigenvalue weighted by atomic mass is 32.2. The molecule has 0 aliphatic carbocycles. The van der Waals surface area contributed by atoms with Crippen LogP contribution in [0.25, 0.3) is 0 Å². The molecule has 20 heavy (non-hydrogen) atoms. The SMILES string of the molecule is CCC(C)n1nccc1N1CC(CSC(C)=O)CC1=O. The number of nitrogens with zero attached hydrogens (tertiary/aromatic N) is 3. The zero-order valence-corrected chi connectivity index (χ0v) is 13.0. The summed E-state index contributed by atoms with van der Waals surface area (Å²) in [5.74, 6) is 1.97. The van der Waals surface area contributed by atoms with Crippen molar-refractivity contribution in [1.82, 2.24) is 9.78 Å². The molecule has 2 heterocycles. The summed E-state index contributed by atoms with van der Waals surface area (Å²) >= 11 is 1.30. The highest BCUT2D eigenvalue weighted by molar-refractivity contribution is 8.13. The van der Waals surface area contributed by atoms with Gasteiger partial charge in [-0.15, -0.1) is 0 Å². The fourth-order valence-electron chi connectivity index (χ4n) is 2.38. The van der Waals surface area contributed by atoms with Crippen LogP contribution >= 0.6 is 11.8 Å². The van der Waals surface area contributed by atoms with E-state index in [1.807, 2.05) is 15.6 Å². The summed E-state index contributed by atoms with van der Waals surface area (Å²) in [5, 5.41) is 4.44. The van der Waals surface area contributed by atoms with Gasteiger partial charge in [0, 0.05) is 31.7 Å². The van der Waals surface area contributed by atoms with Gasteiger partial charge < -0.3 is 0 Å². The Morgan fingerprint density at radius 2 is 2.35 bits per heavy atom. The Kier molecular flexibility index (Phi) is 4.86. The third kappa shape index (κ3) is 3.23. The van der Waals surface area contributed by atoms with Crippen molar-refractivity contribution in [3.8, 4) is 0 Å². The van der Waals surface area contributed by atoms with E-state index in [0.717, 1.165) is 18.0 Å². The Balaban J connectivity index is 2.08. The molecular formula is C14H21N3O2S. The van der Waals surface area contributed by atoms with Gasteiger partial charge in [-0.25, -0.2) is 4.68 Å². The number of rotatable bonds is 5. The van der Waals surface area contributed by atoms with Gasteiger partial charge in [-0.3, -0.25) is 14.5 Å². The Labute approximate surface area is 123 Å². The number of hydrogen-bond donors (Lipinski definition) is 0. The molecule has 1 amide bonds. The minimum Gasteiger partial charge on any atom is -0.297 e. The predicted octanol–water partition coefficient (Wildman–Crippen LogP) is 2.49. The number of anilines is 1. The van der Waals surface area contributed by atoms with Crippen molar-refractivity contribution in [2.24, 2.45) is 5.92 Å². The molecule has 2 rings (SSSR count). The van der Waals surface area contributed by atoms with Gasteiger partial charge in [0.1, 0.15) is 5.82 Å². The number of carbonyl (C=O) groups is 2. The average Bonchev–Trinajstić information content (AvgIpc) is 3.01. The second-order valence-corrected chi connectivity index (χ2v) is 6.47. The maximum absolute atomic E-state index is 12.2. The molecule has 0 aromatic carbocycles. The first-order valence-corrected chi connectivity index (χ1v) is 7.98. The molecule has 1 aliphatic heterocycles. The molecule has 110 valence electrons. The van der Waals surface area contributed by atoms with Crippen LogP contribution in [-0.2, 0) is 9.59 Å². The molecule has 0 radical (unpaired) electrons. The third-order valence-corrected chi connectivity index (χ3v) is 4.71. The van der Waals surface area contributed by atoms with E-state index in [1.54, 1.807) is 13.1 Å². The molecule has 2 atom stereocenters. The van der Waals surface area contributed by atoms with Crippen LogP contribution in [0.1, 0.15) is 39.7 Å². The maximum atomic E-state index is 12.2. The summed E-state index contributed by atoms with van der Waals surface area (Å²) in [7, 11) is 0. The number of carbonyl (C=O) groups excluding carboxylic acids is 2. The van der Waals surface area contributed by atoms with E-state index >= 15 is 0 Å². The Hall–Kier alpha value is -1.30. The van der Waals surface area contributed by atoms with Crippen molar-refractivity contribution in [2.45, 2.75) is 39.7 Å². The summed E-state index contributed by atoms with van der Waals surface area (Å²) in [6.45, 7) is 6.45. The van der Waals surface area contributed by atoms with Crippen LogP contribution in [0.2, 0.25) is 0 Å². The monoisotopic (exact) mass is 295 g/mol. The van der Waals surface area contributed by atoms with E-state index < -0.39 is 0 Å². The first-order valence-electron chi connectivity index (χ1n) is 7.00. The fraction of sp³-hybridized carbons (Fsp3) is 0.643. The molecule has 5 nitrogen and oxygen atoms in total. The summed E-state index contributed by atoms with van der Waals surface area (Å²) in [6.07, 6.45) is 3.23. The Bertz CT molecular complexity index is 500. The van der Waals surface area contributed by atoms with Crippen molar-refractivity contribution < 1.29 is 9.59 Å². The number of amides is 1. The third-order valence-electron chi connectivity index (χ3n) is 3.66. The van der Waals surface area contributed by atoms with Gasteiger partial charge >= 0.3 is 0 Å². The maximum Gasteiger partial charge on any atom is 0.228 e. The zero-order valence-electron chi connectivity index (χ0n) is 12.2. The minimum absolute atomic E-state index is 0.112. The van der Waals surface area contributed by atoms with E-state index in [4.69, 9.17) is 0 Å². The molecule has 6 heteroatoms. The molecule has 0 N–H and O–H groups in total. The number of hydrogen-bond acceptors (Lipinski definition) is 4. The van der Waals surface area contributed by atoms with Gasteiger partial charge in [0.05, 0.1) is 12.2 Å². The molecule has 1 aliphatic rings. The topological polar surface area (TPSA) is 55.2 Å². The second-order valence-electron chi connectivity index (χ2n) is 5.27. The lowest BCUT2D eigenvalue weighted by molar-refractivity contribution is -0.117. The number of thioether (sulfide) groups is 1. The Morgan fingerprint density at radius 3 is 3.00 bits per heavy atom. The van der Waals surface area contributed by atoms with Gasteiger partial charge in [-0.2, -0.15) is 5.10 Å². The smallest absolute Gasteiger partial charge is 0.228 e. The van der Waals surface area contributed by atoms with Gasteiger partial charge in [-0.1, -0.05) is 18.7 Å². The summed E-state index contributed by atoms with van der Waals surface area (Å²) in [4.78, 5) is 25.0. The summed E-state index contributed by atoms with van der Waals surface area (Å²) in [5.41, 5.74) is 0. The van der Waals surface area contributed by atoms with Crippen LogP contribution in [0.3, 0.4) is 0 Å². The van der Waals surface area contributed by atoms with Gasteiger partial charge in [0.25, 0.3) is 0 Å². The zero-order chi connectivity index (χ0) is 14.7. The van der Waals surface area contributed by atoms with Crippen LogP contribution in [0.15, 0.2) is 12.3 Å². The van der Waals surface area contributed by atoms with Crippen LogP contribution in [0.4, 0.5) is 5.82 Å². The van der Waals surface area contributed by atoms with Gasteiger partial charge in [-0.05, 0) is 19.3 Å². The van der Waals surface area contributed by atoms with Gasteiger partial charge in [0.2, 0.25) is 5.91 Å². The summed E-state index contributed by atoms with van der Waals surface area (Å²) < 4.78 is 1.92. The largest absolute Gasteiger partial charge is 0.297 e. The lowest BCUT2D eigenvalue weighted by atomic mass is 10.1. The van der Waals surface area contributed by atoms with E-state index in [9.17, 15) is 9.59 Å². The number of aromatic nitrogens is 2. The van der Waals surface area contributed by atoms with E-state index in [-0.39, 0.29) is 23.0 Å². The molecular weight excluding hydrogens is 274 g/mol. The Morgan fingerprint density at radius 1 is 1.60 bits per heavy atom. The van der Waals surface area contributed by atoms with Crippen LogP contribution in [-0.4, -0.2) is 33.1 Å². The lowest BCUT2D eigenvalue weighted by Crippen LogP contribution is -2.28. The predicted molar refractivity (Wildman–Crippen MR) is 80.8 cm³/mol. The highest BCUT2D eigenvalue weighted by Gasteiger charge is 2.32. The molecule has 1 aromatic heterocycles. The second kappa shape index (κ2) is 6.43. The molecule has 1 saturated heterocycles. The standard InChI is InChI=1S/C14H21N3O2S/c1-4-10(2)17-13(5-6-15-17)16-8-12(7-14(16)19)9-20-11(3)18/h5-6,10,12H,4,7-9H2,1-3H3.